The number of carbonyl (C=O) groups is 1. The number of nitrogens with one attached hydrogen (secondary N) is 1. The minimum Gasteiger partial charge on any atom is -0.496 e. The fourth-order valence-corrected chi connectivity index (χ4v) is 2.93. The van der Waals surface area contributed by atoms with Crippen LogP contribution in [0.2, 0.25) is 5.02 Å². The molecule has 0 saturated carbocycles. The van der Waals surface area contributed by atoms with Gasteiger partial charge >= 0.3 is 0 Å². The Morgan fingerprint density at radius 2 is 2.36 bits per heavy atom. The highest BCUT2D eigenvalue weighted by molar-refractivity contribution is 6.30. The summed E-state index contributed by atoms with van der Waals surface area (Å²) in [5.74, 6) is 0.939. The lowest BCUT2D eigenvalue weighted by Gasteiger charge is -2.17. The number of carbonyl (C=O) groups excluding carboxylic acids is 1. The second-order valence-electron chi connectivity index (χ2n) is 5.76. The van der Waals surface area contributed by atoms with Gasteiger partial charge in [-0.3, -0.25) is 9.69 Å². The van der Waals surface area contributed by atoms with Gasteiger partial charge in [-0.2, -0.15) is 0 Å². The fourth-order valence-electron chi connectivity index (χ4n) is 2.74. The van der Waals surface area contributed by atoms with Crippen molar-refractivity contribution in [3.8, 4) is 5.75 Å². The molecule has 1 heterocycles. The van der Waals surface area contributed by atoms with E-state index in [1.54, 1.807) is 32.2 Å². The summed E-state index contributed by atoms with van der Waals surface area (Å²) in [5, 5.41) is 13.1. The van der Waals surface area contributed by atoms with E-state index in [1.807, 2.05) is 0 Å². The van der Waals surface area contributed by atoms with Crippen LogP contribution in [0.4, 0.5) is 0 Å². The fraction of sp³-hybridized carbons (Fsp3) is 0.562. The number of halogens is 1. The van der Waals surface area contributed by atoms with Gasteiger partial charge in [0.05, 0.1) is 19.8 Å². The first-order valence-corrected chi connectivity index (χ1v) is 7.87. The summed E-state index contributed by atoms with van der Waals surface area (Å²) < 4.78 is 5.26. The molecule has 2 N–H and O–H groups in total. The largest absolute Gasteiger partial charge is 0.496 e. The summed E-state index contributed by atoms with van der Waals surface area (Å²) in [5.41, 5.74) is 0.853. The molecule has 0 bridgehead atoms. The highest BCUT2D eigenvalue weighted by Gasteiger charge is 2.26. The quantitative estimate of drug-likeness (QED) is 0.835. The van der Waals surface area contributed by atoms with E-state index in [2.05, 4.69) is 10.2 Å². The molecular formula is C16H23ClN2O3. The van der Waals surface area contributed by atoms with Gasteiger partial charge < -0.3 is 15.2 Å². The van der Waals surface area contributed by atoms with Gasteiger partial charge in [0, 0.05) is 23.7 Å². The third-order valence-electron chi connectivity index (χ3n) is 4.08. The predicted octanol–water partition coefficient (Wildman–Crippen LogP) is 1.67. The van der Waals surface area contributed by atoms with E-state index < -0.39 is 0 Å². The molecule has 1 amide bonds. The predicted molar refractivity (Wildman–Crippen MR) is 86.1 cm³/mol. The molecule has 1 aromatic rings. The number of rotatable bonds is 6. The number of hydrogen-bond donors (Lipinski definition) is 2. The molecule has 1 aliphatic rings. The number of hydrogen-bond acceptors (Lipinski definition) is 4. The van der Waals surface area contributed by atoms with Crippen molar-refractivity contribution in [2.45, 2.75) is 26.0 Å². The number of benzene rings is 1. The van der Waals surface area contributed by atoms with Crippen molar-refractivity contribution in [2.75, 3.05) is 26.7 Å². The molecule has 2 atom stereocenters. The smallest absolute Gasteiger partial charge is 0.234 e. The minimum atomic E-state index is -0.316. The third kappa shape index (κ3) is 4.60. The van der Waals surface area contributed by atoms with Crippen LogP contribution in [0, 0.1) is 5.92 Å². The molecule has 6 heteroatoms. The molecule has 0 radical (unpaired) electrons. The second-order valence-corrected chi connectivity index (χ2v) is 6.19. The van der Waals surface area contributed by atoms with Crippen molar-refractivity contribution in [1.82, 2.24) is 10.2 Å². The van der Waals surface area contributed by atoms with Crippen molar-refractivity contribution < 1.29 is 14.6 Å². The van der Waals surface area contributed by atoms with Crippen LogP contribution in [-0.4, -0.2) is 48.8 Å². The molecule has 2 unspecified atom stereocenters. The van der Waals surface area contributed by atoms with Gasteiger partial charge in [-0.05, 0) is 44.0 Å². The van der Waals surface area contributed by atoms with E-state index in [0.717, 1.165) is 25.1 Å². The van der Waals surface area contributed by atoms with Gasteiger partial charge in [-0.25, -0.2) is 0 Å². The van der Waals surface area contributed by atoms with E-state index in [1.165, 1.54) is 0 Å². The minimum absolute atomic E-state index is 0.0340. The van der Waals surface area contributed by atoms with E-state index in [9.17, 15) is 9.90 Å². The first-order chi connectivity index (χ1) is 10.5. The highest BCUT2D eigenvalue weighted by Crippen LogP contribution is 2.22. The number of likely N-dealkylation sites (tertiary alicyclic amines) is 1. The maximum atomic E-state index is 12.0. The van der Waals surface area contributed by atoms with Crippen LogP contribution in [0.3, 0.4) is 0 Å². The zero-order valence-corrected chi connectivity index (χ0v) is 13.8. The van der Waals surface area contributed by atoms with Crippen molar-refractivity contribution in [3.63, 3.8) is 0 Å². The Bertz CT molecular complexity index is 522. The molecule has 0 aliphatic carbocycles. The van der Waals surface area contributed by atoms with Crippen LogP contribution in [0.25, 0.3) is 0 Å². The average Bonchev–Trinajstić information content (AvgIpc) is 2.94. The lowest BCUT2D eigenvalue weighted by Crippen LogP contribution is -2.36. The van der Waals surface area contributed by atoms with E-state index >= 15 is 0 Å². The first-order valence-electron chi connectivity index (χ1n) is 7.49. The molecule has 5 nitrogen and oxygen atoms in total. The summed E-state index contributed by atoms with van der Waals surface area (Å²) in [6.07, 6.45) is 0.622. The maximum absolute atomic E-state index is 12.0. The number of amides is 1. The highest BCUT2D eigenvalue weighted by atomic mass is 35.5. The summed E-state index contributed by atoms with van der Waals surface area (Å²) in [4.78, 5) is 14.1. The van der Waals surface area contributed by atoms with Gasteiger partial charge in [0.1, 0.15) is 5.75 Å². The van der Waals surface area contributed by atoms with Gasteiger partial charge in [-0.1, -0.05) is 11.6 Å². The monoisotopic (exact) mass is 326 g/mol. The SMILES string of the molecule is COc1ccc(Cl)cc1CNC(=O)CN1CCC(C(C)O)C1. The van der Waals surface area contributed by atoms with Gasteiger partial charge in [0.15, 0.2) is 0 Å². The summed E-state index contributed by atoms with van der Waals surface area (Å²) in [6, 6.07) is 5.34. The Hall–Kier alpha value is -1.30. The van der Waals surface area contributed by atoms with Crippen LogP contribution in [0.15, 0.2) is 18.2 Å². The standard InChI is InChI=1S/C16H23ClN2O3/c1-11(20)12-5-6-19(9-12)10-16(21)18-8-13-7-14(17)3-4-15(13)22-2/h3-4,7,11-12,20H,5-6,8-10H2,1-2H3,(H,18,21). The molecule has 122 valence electrons. The number of aliphatic hydroxyl groups excluding tert-OH is 1. The van der Waals surface area contributed by atoms with Gasteiger partial charge in [0.25, 0.3) is 0 Å². The molecule has 22 heavy (non-hydrogen) atoms. The Kier molecular flexibility index (Phi) is 6.06. The summed E-state index contributed by atoms with van der Waals surface area (Å²) in [6.45, 7) is 4.16. The van der Waals surface area contributed by atoms with E-state index in [-0.39, 0.29) is 17.9 Å². The molecule has 1 aromatic carbocycles. The van der Waals surface area contributed by atoms with E-state index in [4.69, 9.17) is 16.3 Å². The van der Waals surface area contributed by atoms with Crippen molar-refractivity contribution in [3.05, 3.63) is 28.8 Å². The van der Waals surface area contributed by atoms with Crippen LogP contribution < -0.4 is 10.1 Å². The molecule has 1 aliphatic heterocycles. The Labute approximate surface area is 136 Å². The number of nitrogens with zero attached hydrogens (tertiary/aromatic N) is 1. The normalized spacial score (nSPS) is 19.9. The lowest BCUT2D eigenvalue weighted by atomic mass is 10.0. The number of aliphatic hydroxyl groups is 1. The molecule has 0 aromatic heterocycles. The molecule has 1 saturated heterocycles. The van der Waals surface area contributed by atoms with Gasteiger partial charge in [-0.15, -0.1) is 0 Å². The first kappa shape index (κ1) is 17.1. The maximum Gasteiger partial charge on any atom is 0.234 e. The Morgan fingerprint density at radius 3 is 3.00 bits per heavy atom. The Morgan fingerprint density at radius 1 is 1.59 bits per heavy atom. The second kappa shape index (κ2) is 7.81. The van der Waals surface area contributed by atoms with E-state index in [0.29, 0.717) is 23.9 Å². The summed E-state index contributed by atoms with van der Waals surface area (Å²) in [7, 11) is 1.59. The average molecular weight is 327 g/mol. The topological polar surface area (TPSA) is 61.8 Å². The molecule has 2 rings (SSSR count). The summed E-state index contributed by atoms with van der Waals surface area (Å²) >= 11 is 5.97. The molecule has 1 fully saturated rings. The van der Waals surface area contributed by atoms with Crippen molar-refractivity contribution in [1.29, 1.82) is 0 Å². The molecule has 0 spiro atoms. The van der Waals surface area contributed by atoms with Crippen LogP contribution in [0.5, 0.6) is 5.75 Å². The van der Waals surface area contributed by atoms with Crippen LogP contribution >= 0.6 is 11.6 Å². The number of methoxy groups -OCH3 is 1. The van der Waals surface area contributed by atoms with Crippen molar-refractivity contribution >= 4 is 17.5 Å². The zero-order chi connectivity index (χ0) is 16.1. The van der Waals surface area contributed by atoms with Gasteiger partial charge in [0.2, 0.25) is 5.91 Å². The zero-order valence-electron chi connectivity index (χ0n) is 13.0. The Balaban J connectivity index is 1.82. The molecular weight excluding hydrogens is 304 g/mol. The number of ether oxygens (including phenoxy) is 1. The lowest BCUT2D eigenvalue weighted by molar-refractivity contribution is -0.122. The van der Waals surface area contributed by atoms with Crippen LogP contribution in [0.1, 0.15) is 18.9 Å². The third-order valence-corrected chi connectivity index (χ3v) is 4.31. The van der Waals surface area contributed by atoms with Crippen molar-refractivity contribution in [2.24, 2.45) is 5.92 Å². The van der Waals surface area contributed by atoms with Crippen LogP contribution in [-0.2, 0) is 11.3 Å².